The normalized spacial score (nSPS) is 15.1. The molecule has 0 unspecified atom stereocenters. The largest absolute Gasteiger partial charge is 0.494 e. The van der Waals surface area contributed by atoms with Gasteiger partial charge >= 0.3 is 0 Å². The molecular formula is C19H21FN2O3. The van der Waals surface area contributed by atoms with Gasteiger partial charge in [-0.05, 0) is 43.2 Å². The van der Waals surface area contributed by atoms with E-state index in [-0.39, 0.29) is 23.3 Å². The molecule has 0 bridgehead atoms. The average molecular weight is 344 g/mol. The maximum Gasteiger partial charge on any atom is 0.255 e. The van der Waals surface area contributed by atoms with E-state index in [1.54, 1.807) is 0 Å². The third kappa shape index (κ3) is 3.91. The van der Waals surface area contributed by atoms with Gasteiger partial charge in [-0.1, -0.05) is 12.1 Å². The fourth-order valence-corrected chi connectivity index (χ4v) is 2.96. The second-order valence-corrected chi connectivity index (χ2v) is 6.04. The molecule has 2 aromatic rings. The van der Waals surface area contributed by atoms with Crippen LogP contribution in [-0.4, -0.2) is 37.3 Å². The van der Waals surface area contributed by atoms with Gasteiger partial charge in [0.25, 0.3) is 5.91 Å². The minimum atomic E-state index is -0.576. The van der Waals surface area contributed by atoms with Crippen LogP contribution in [0.5, 0.6) is 5.75 Å². The zero-order chi connectivity index (χ0) is 17.8. The van der Waals surface area contributed by atoms with E-state index >= 15 is 0 Å². The molecule has 1 aliphatic rings. The van der Waals surface area contributed by atoms with Crippen molar-refractivity contribution in [2.45, 2.75) is 18.9 Å². The van der Waals surface area contributed by atoms with E-state index < -0.39 is 5.82 Å². The highest BCUT2D eigenvalue weighted by atomic mass is 19.1. The summed E-state index contributed by atoms with van der Waals surface area (Å²) >= 11 is 0. The van der Waals surface area contributed by atoms with Crippen LogP contribution in [0.25, 0.3) is 0 Å². The van der Waals surface area contributed by atoms with Crippen LogP contribution in [0, 0.1) is 5.82 Å². The minimum absolute atomic E-state index is 0.101. The number of benzene rings is 2. The van der Waals surface area contributed by atoms with E-state index in [1.807, 2.05) is 24.3 Å². The van der Waals surface area contributed by atoms with Crippen LogP contribution in [0.1, 0.15) is 23.2 Å². The Kier molecular flexibility index (Phi) is 5.19. The molecule has 2 aromatic carbocycles. The number of amides is 1. The zero-order valence-corrected chi connectivity index (χ0v) is 14.0. The zero-order valence-electron chi connectivity index (χ0n) is 14.0. The van der Waals surface area contributed by atoms with Crippen molar-refractivity contribution in [2.24, 2.45) is 0 Å². The molecule has 1 heterocycles. The number of carbonyl (C=O) groups excluding carboxylic acids is 1. The number of rotatable bonds is 4. The number of hydrogen-bond acceptors (Lipinski definition) is 4. The Balaban J connectivity index is 1.79. The number of carbonyl (C=O) groups is 1. The molecule has 25 heavy (non-hydrogen) atoms. The van der Waals surface area contributed by atoms with E-state index in [0.29, 0.717) is 18.5 Å². The molecule has 0 aliphatic carbocycles. The maximum atomic E-state index is 13.8. The molecule has 1 fully saturated rings. The van der Waals surface area contributed by atoms with Gasteiger partial charge in [0.1, 0.15) is 0 Å². The molecule has 2 N–H and O–H groups in total. The smallest absolute Gasteiger partial charge is 0.255 e. The molecule has 132 valence electrons. The van der Waals surface area contributed by atoms with Gasteiger partial charge in [-0.25, -0.2) is 4.39 Å². The lowest BCUT2D eigenvalue weighted by atomic mass is 10.1. The van der Waals surface area contributed by atoms with Crippen molar-refractivity contribution >= 4 is 17.3 Å². The Bertz CT molecular complexity index is 758. The van der Waals surface area contributed by atoms with Crippen LogP contribution in [-0.2, 0) is 0 Å². The molecular weight excluding hydrogens is 323 g/mol. The second kappa shape index (κ2) is 7.53. The summed E-state index contributed by atoms with van der Waals surface area (Å²) in [4.78, 5) is 14.6. The topological polar surface area (TPSA) is 61.8 Å². The fourth-order valence-electron chi connectivity index (χ4n) is 2.96. The van der Waals surface area contributed by atoms with Gasteiger partial charge in [0.05, 0.1) is 24.6 Å². The van der Waals surface area contributed by atoms with Gasteiger partial charge in [-0.3, -0.25) is 4.79 Å². The van der Waals surface area contributed by atoms with Gasteiger partial charge in [0.15, 0.2) is 11.6 Å². The molecule has 0 saturated carbocycles. The van der Waals surface area contributed by atoms with E-state index in [9.17, 15) is 14.3 Å². The van der Waals surface area contributed by atoms with Crippen molar-refractivity contribution in [1.29, 1.82) is 0 Å². The summed E-state index contributed by atoms with van der Waals surface area (Å²) in [5.74, 6) is -0.858. The molecule has 1 saturated heterocycles. The number of ether oxygens (including phenoxy) is 1. The molecule has 0 spiro atoms. The van der Waals surface area contributed by atoms with Gasteiger partial charge in [0, 0.05) is 18.7 Å². The van der Waals surface area contributed by atoms with Crippen LogP contribution >= 0.6 is 0 Å². The Morgan fingerprint density at radius 1 is 1.24 bits per heavy atom. The highest BCUT2D eigenvalue weighted by Crippen LogP contribution is 2.29. The highest BCUT2D eigenvalue weighted by molar-refractivity contribution is 6.06. The number of methoxy groups -OCH3 is 1. The van der Waals surface area contributed by atoms with Crippen molar-refractivity contribution in [3.63, 3.8) is 0 Å². The average Bonchev–Trinajstić information content (AvgIpc) is 2.63. The summed E-state index contributed by atoms with van der Waals surface area (Å²) < 4.78 is 18.7. The summed E-state index contributed by atoms with van der Waals surface area (Å²) in [5, 5.41) is 12.5. The number of nitrogens with one attached hydrogen (secondary N) is 1. The lowest BCUT2D eigenvalue weighted by Gasteiger charge is -2.32. The molecule has 5 nitrogen and oxygen atoms in total. The molecule has 1 amide bonds. The maximum absolute atomic E-state index is 13.8. The van der Waals surface area contributed by atoms with Crippen molar-refractivity contribution in [2.75, 3.05) is 30.4 Å². The Morgan fingerprint density at radius 2 is 1.96 bits per heavy atom. The van der Waals surface area contributed by atoms with Crippen LogP contribution < -0.4 is 15.0 Å². The summed E-state index contributed by atoms with van der Waals surface area (Å²) in [7, 11) is 1.38. The Morgan fingerprint density at radius 3 is 2.64 bits per heavy atom. The number of para-hydroxylation sites is 2. The SMILES string of the molecule is COc1ccc(C(=O)Nc2ccccc2N2CCC(O)CC2)cc1F. The van der Waals surface area contributed by atoms with Gasteiger partial charge < -0.3 is 20.1 Å². The molecule has 0 radical (unpaired) electrons. The lowest BCUT2D eigenvalue weighted by molar-refractivity contribution is 0.102. The molecule has 6 heteroatoms. The van der Waals surface area contributed by atoms with E-state index in [1.165, 1.54) is 19.2 Å². The predicted octanol–water partition coefficient (Wildman–Crippen LogP) is 3.05. The van der Waals surface area contributed by atoms with Gasteiger partial charge in [-0.15, -0.1) is 0 Å². The number of aliphatic hydroxyl groups is 1. The number of aliphatic hydroxyl groups excluding tert-OH is 1. The van der Waals surface area contributed by atoms with Crippen LogP contribution in [0.15, 0.2) is 42.5 Å². The van der Waals surface area contributed by atoms with Crippen molar-refractivity contribution in [3.8, 4) is 5.75 Å². The lowest BCUT2D eigenvalue weighted by Crippen LogP contribution is -2.36. The minimum Gasteiger partial charge on any atom is -0.494 e. The van der Waals surface area contributed by atoms with E-state index in [0.717, 1.165) is 24.8 Å². The first-order valence-corrected chi connectivity index (χ1v) is 8.25. The first-order valence-electron chi connectivity index (χ1n) is 8.25. The van der Waals surface area contributed by atoms with Crippen LogP contribution in [0.3, 0.4) is 0 Å². The molecule has 3 rings (SSSR count). The predicted molar refractivity (Wildman–Crippen MR) is 94.8 cm³/mol. The summed E-state index contributed by atoms with van der Waals surface area (Å²) in [6.45, 7) is 1.45. The number of halogens is 1. The Labute approximate surface area is 146 Å². The Hall–Kier alpha value is -2.60. The van der Waals surface area contributed by atoms with E-state index in [2.05, 4.69) is 10.2 Å². The first-order chi connectivity index (χ1) is 12.1. The number of hydrogen-bond donors (Lipinski definition) is 2. The second-order valence-electron chi connectivity index (χ2n) is 6.04. The van der Waals surface area contributed by atoms with Crippen molar-refractivity contribution in [1.82, 2.24) is 0 Å². The number of piperidine rings is 1. The first kappa shape index (κ1) is 17.2. The van der Waals surface area contributed by atoms with Crippen LogP contribution in [0.2, 0.25) is 0 Å². The number of nitrogens with zero attached hydrogens (tertiary/aromatic N) is 1. The molecule has 0 aromatic heterocycles. The van der Waals surface area contributed by atoms with E-state index in [4.69, 9.17) is 4.74 Å². The third-order valence-electron chi connectivity index (χ3n) is 4.37. The molecule has 1 aliphatic heterocycles. The van der Waals surface area contributed by atoms with Crippen LogP contribution in [0.4, 0.5) is 15.8 Å². The quantitative estimate of drug-likeness (QED) is 0.895. The summed E-state index contributed by atoms with van der Waals surface area (Å²) in [5.41, 5.74) is 1.79. The van der Waals surface area contributed by atoms with Crippen molar-refractivity contribution < 1.29 is 19.0 Å². The monoisotopic (exact) mass is 344 g/mol. The molecule has 0 atom stereocenters. The van der Waals surface area contributed by atoms with Gasteiger partial charge in [-0.2, -0.15) is 0 Å². The van der Waals surface area contributed by atoms with Crippen molar-refractivity contribution in [3.05, 3.63) is 53.8 Å². The summed E-state index contributed by atoms with van der Waals surface area (Å²) in [6.07, 6.45) is 1.14. The fraction of sp³-hybridized carbons (Fsp3) is 0.316. The highest BCUT2D eigenvalue weighted by Gasteiger charge is 2.20. The van der Waals surface area contributed by atoms with Gasteiger partial charge in [0.2, 0.25) is 0 Å². The third-order valence-corrected chi connectivity index (χ3v) is 4.37. The summed E-state index contributed by atoms with van der Waals surface area (Å²) in [6, 6.07) is 11.6. The number of anilines is 2. The standard InChI is InChI=1S/C19H21FN2O3/c1-25-18-7-6-13(12-15(18)20)19(24)21-16-4-2-3-5-17(16)22-10-8-14(23)9-11-22/h2-7,12,14,23H,8-11H2,1H3,(H,21,24).